The second-order valence-corrected chi connectivity index (χ2v) is 8.01. The molecule has 3 aromatic rings. The van der Waals surface area contributed by atoms with Gasteiger partial charge in [-0.1, -0.05) is 19.0 Å². The number of nitrogens with one attached hydrogen (secondary N) is 2. The molecular formula is C19H21N7O3S. The monoisotopic (exact) mass is 427 g/mol. The van der Waals surface area contributed by atoms with Crippen molar-refractivity contribution in [1.29, 1.82) is 0 Å². The lowest BCUT2D eigenvalue weighted by Crippen LogP contribution is -2.33. The summed E-state index contributed by atoms with van der Waals surface area (Å²) in [6.07, 6.45) is 3.42. The number of nitrogens with zero attached hydrogens (tertiary/aromatic N) is 5. The standard InChI is InChI=1S/C19H21N7O3S/c1-11(2)15(17-24-16(25-29-17)12-4-3-5-20-9-12)23-14(27)8-13-10-30-19(22-13)26-7-6-21-18(26)28/h3-5,9-11,15H,6-8H2,1-2H3,(H,21,28)(H,23,27). The summed E-state index contributed by atoms with van der Waals surface area (Å²) < 4.78 is 5.41. The van der Waals surface area contributed by atoms with Crippen molar-refractivity contribution in [2.75, 3.05) is 18.0 Å². The van der Waals surface area contributed by atoms with Crippen LogP contribution in [0.4, 0.5) is 9.93 Å². The first-order chi connectivity index (χ1) is 14.5. The fraction of sp³-hybridized carbons (Fsp3) is 0.368. The van der Waals surface area contributed by atoms with Gasteiger partial charge in [-0.3, -0.25) is 14.7 Å². The van der Waals surface area contributed by atoms with Crippen molar-refractivity contribution >= 4 is 28.4 Å². The summed E-state index contributed by atoms with van der Waals surface area (Å²) >= 11 is 1.34. The van der Waals surface area contributed by atoms with E-state index in [1.807, 2.05) is 19.9 Å². The van der Waals surface area contributed by atoms with E-state index in [-0.39, 0.29) is 24.3 Å². The van der Waals surface area contributed by atoms with Crippen molar-refractivity contribution in [3.63, 3.8) is 0 Å². The molecule has 3 amide bonds. The Kier molecular flexibility index (Phi) is 5.70. The van der Waals surface area contributed by atoms with E-state index in [1.165, 1.54) is 11.3 Å². The molecule has 0 aromatic carbocycles. The Morgan fingerprint density at radius 2 is 2.27 bits per heavy atom. The van der Waals surface area contributed by atoms with Gasteiger partial charge in [-0.2, -0.15) is 4.98 Å². The van der Waals surface area contributed by atoms with Gasteiger partial charge in [0.25, 0.3) is 0 Å². The Bertz CT molecular complexity index is 1030. The maximum absolute atomic E-state index is 12.6. The van der Waals surface area contributed by atoms with Gasteiger partial charge in [-0.05, 0) is 18.1 Å². The highest BCUT2D eigenvalue weighted by Crippen LogP contribution is 2.25. The van der Waals surface area contributed by atoms with E-state index < -0.39 is 6.04 Å². The normalized spacial score (nSPS) is 14.8. The first-order valence-electron chi connectivity index (χ1n) is 9.54. The second-order valence-electron chi connectivity index (χ2n) is 7.17. The summed E-state index contributed by atoms with van der Waals surface area (Å²) in [5.74, 6) is 0.587. The third kappa shape index (κ3) is 4.30. The Morgan fingerprint density at radius 1 is 1.40 bits per heavy atom. The molecule has 11 heteroatoms. The van der Waals surface area contributed by atoms with Crippen molar-refractivity contribution in [2.24, 2.45) is 5.92 Å². The quantitative estimate of drug-likeness (QED) is 0.592. The maximum atomic E-state index is 12.6. The smallest absolute Gasteiger partial charge is 0.323 e. The molecule has 1 unspecified atom stereocenters. The molecule has 0 saturated carbocycles. The molecular weight excluding hydrogens is 406 g/mol. The molecule has 30 heavy (non-hydrogen) atoms. The van der Waals surface area contributed by atoms with Gasteiger partial charge in [-0.15, -0.1) is 11.3 Å². The number of carbonyl (C=O) groups excluding carboxylic acids is 2. The Morgan fingerprint density at radius 3 is 2.97 bits per heavy atom. The van der Waals surface area contributed by atoms with Crippen molar-refractivity contribution in [3.05, 3.63) is 41.5 Å². The van der Waals surface area contributed by atoms with Crippen LogP contribution >= 0.6 is 11.3 Å². The summed E-state index contributed by atoms with van der Waals surface area (Å²) in [5.41, 5.74) is 1.35. The van der Waals surface area contributed by atoms with E-state index >= 15 is 0 Å². The summed E-state index contributed by atoms with van der Waals surface area (Å²) in [5, 5.41) is 12.1. The third-order valence-electron chi connectivity index (χ3n) is 4.58. The number of hydrogen-bond acceptors (Lipinski definition) is 8. The van der Waals surface area contributed by atoms with Gasteiger partial charge in [0.05, 0.1) is 12.1 Å². The maximum Gasteiger partial charge on any atom is 0.323 e. The van der Waals surface area contributed by atoms with Crippen molar-refractivity contribution < 1.29 is 14.1 Å². The van der Waals surface area contributed by atoms with Gasteiger partial charge in [-0.25, -0.2) is 9.78 Å². The van der Waals surface area contributed by atoms with Gasteiger partial charge < -0.3 is 15.2 Å². The zero-order chi connectivity index (χ0) is 21.1. The van der Waals surface area contributed by atoms with E-state index in [0.29, 0.717) is 35.6 Å². The summed E-state index contributed by atoms with van der Waals surface area (Å²) in [4.78, 5) is 38.9. The zero-order valence-corrected chi connectivity index (χ0v) is 17.3. The summed E-state index contributed by atoms with van der Waals surface area (Å²) in [6, 6.07) is 3.03. The van der Waals surface area contributed by atoms with Gasteiger partial charge in [0.15, 0.2) is 5.13 Å². The Hall–Kier alpha value is -3.34. The second kappa shape index (κ2) is 8.57. The predicted octanol–water partition coefficient (Wildman–Crippen LogP) is 2.17. The van der Waals surface area contributed by atoms with Crippen molar-refractivity contribution in [1.82, 2.24) is 30.7 Å². The predicted molar refractivity (Wildman–Crippen MR) is 110 cm³/mol. The number of pyridine rings is 1. The van der Waals surface area contributed by atoms with E-state index in [2.05, 4.69) is 30.7 Å². The number of thiazole rings is 1. The van der Waals surface area contributed by atoms with E-state index in [9.17, 15) is 9.59 Å². The van der Waals surface area contributed by atoms with E-state index in [4.69, 9.17) is 4.52 Å². The number of hydrogen-bond donors (Lipinski definition) is 2. The first-order valence-corrected chi connectivity index (χ1v) is 10.4. The molecule has 4 rings (SSSR count). The minimum absolute atomic E-state index is 0.0374. The molecule has 0 bridgehead atoms. The van der Waals surface area contributed by atoms with Crippen LogP contribution in [0.3, 0.4) is 0 Å². The summed E-state index contributed by atoms with van der Waals surface area (Å²) in [6.45, 7) is 5.09. The highest BCUT2D eigenvalue weighted by Gasteiger charge is 2.27. The lowest BCUT2D eigenvalue weighted by atomic mass is 10.0. The van der Waals surface area contributed by atoms with Crippen LogP contribution in [0.15, 0.2) is 34.4 Å². The number of rotatable bonds is 7. The average molecular weight is 427 g/mol. The lowest BCUT2D eigenvalue weighted by Gasteiger charge is -2.18. The lowest BCUT2D eigenvalue weighted by molar-refractivity contribution is -0.121. The van der Waals surface area contributed by atoms with Gasteiger partial charge in [0.2, 0.25) is 17.6 Å². The minimum atomic E-state index is -0.433. The van der Waals surface area contributed by atoms with Crippen LogP contribution in [-0.2, 0) is 11.2 Å². The SMILES string of the molecule is CC(C)C(NC(=O)Cc1csc(N2CCNC2=O)n1)c1nc(-c2cccnc2)no1. The first kappa shape index (κ1) is 20.0. The molecule has 3 aromatic heterocycles. The number of urea groups is 1. The molecule has 0 spiro atoms. The number of aromatic nitrogens is 4. The topological polar surface area (TPSA) is 126 Å². The average Bonchev–Trinajstić information content (AvgIpc) is 3.47. The fourth-order valence-corrected chi connectivity index (χ4v) is 3.88. The highest BCUT2D eigenvalue weighted by molar-refractivity contribution is 7.14. The van der Waals surface area contributed by atoms with E-state index in [0.717, 1.165) is 5.56 Å². The molecule has 1 saturated heterocycles. The van der Waals surface area contributed by atoms with Gasteiger partial charge >= 0.3 is 6.03 Å². The molecule has 2 N–H and O–H groups in total. The van der Waals surface area contributed by atoms with Crippen LogP contribution in [0.2, 0.25) is 0 Å². The summed E-state index contributed by atoms with van der Waals surface area (Å²) in [7, 11) is 0. The van der Waals surface area contributed by atoms with E-state index in [1.54, 1.807) is 28.7 Å². The van der Waals surface area contributed by atoms with Crippen LogP contribution in [0.1, 0.15) is 31.5 Å². The van der Waals surface area contributed by atoms with Crippen LogP contribution in [-0.4, -0.2) is 45.1 Å². The van der Waals surface area contributed by atoms with Crippen LogP contribution in [0.5, 0.6) is 0 Å². The molecule has 4 heterocycles. The molecule has 156 valence electrons. The third-order valence-corrected chi connectivity index (χ3v) is 5.49. The van der Waals surface area contributed by atoms with Gasteiger partial charge in [0, 0.05) is 36.4 Å². The Balaban J connectivity index is 1.42. The van der Waals surface area contributed by atoms with Crippen LogP contribution < -0.4 is 15.5 Å². The van der Waals surface area contributed by atoms with Crippen molar-refractivity contribution in [2.45, 2.75) is 26.3 Å². The molecule has 1 fully saturated rings. The largest absolute Gasteiger partial charge is 0.344 e. The van der Waals surface area contributed by atoms with Crippen LogP contribution in [0.25, 0.3) is 11.4 Å². The molecule has 10 nitrogen and oxygen atoms in total. The minimum Gasteiger partial charge on any atom is -0.344 e. The zero-order valence-electron chi connectivity index (χ0n) is 16.5. The van der Waals surface area contributed by atoms with Crippen molar-refractivity contribution in [3.8, 4) is 11.4 Å². The number of anilines is 1. The molecule has 1 atom stereocenters. The van der Waals surface area contributed by atoms with Crippen LogP contribution in [0, 0.1) is 5.92 Å². The highest BCUT2D eigenvalue weighted by atomic mass is 32.1. The number of amides is 3. The fourth-order valence-electron chi connectivity index (χ4n) is 3.03. The number of carbonyl (C=O) groups is 2. The molecule has 0 radical (unpaired) electrons. The molecule has 1 aliphatic heterocycles. The Labute approximate surface area is 176 Å². The molecule has 1 aliphatic rings. The molecule has 0 aliphatic carbocycles. The van der Waals surface area contributed by atoms with Gasteiger partial charge in [0.1, 0.15) is 6.04 Å².